The molecule has 0 aliphatic heterocycles. The molecule has 0 atom stereocenters. The summed E-state index contributed by atoms with van der Waals surface area (Å²) in [6, 6.07) is 3.60. The number of hydrogen-bond donors (Lipinski definition) is 1. The summed E-state index contributed by atoms with van der Waals surface area (Å²) in [6.07, 6.45) is 2.15. The number of hydrogen-bond acceptors (Lipinski definition) is 3. The lowest BCUT2D eigenvalue weighted by Gasteiger charge is -2.26. The van der Waals surface area contributed by atoms with Crippen molar-refractivity contribution in [3.63, 3.8) is 0 Å². The summed E-state index contributed by atoms with van der Waals surface area (Å²) in [5.74, 6) is -0.0477. The summed E-state index contributed by atoms with van der Waals surface area (Å²) in [5, 5.41) is 8.83. The third-order valence-corrected chi connectivity index (χ3v) is 2.88. The van der Waals surface area contributed by atoms with E-state index in [1.807, 2.05) is 13.8 Å². The van der Waals surface area contributed by atoms with E-state index in [1.54, 1.807) is 23.2 Å². The van der Waals surface area contributed by atoms with Crippen LogP contribution in [0.5, 0.6) is 0 Å². The molecule has 0 bridgehead atoms. The van der Waals surface area contributed by atoms with Crippen LogP contribution in [0.4, 0.5) is 0 Å². The first-order valence-corrected chi connectivity index (χ1v) is 6.39. The minimum Gasteiger partial charge on any atom is -0.396 e. The predicted molar refractivity (Wildman–Crippen MR) is 69.8 cm³/mol. The highest BCUT2D eigenvalue weighted by Gasteiger charge is 2.18. The second-order valence-electron chi connectivity index (χ2n) is 4.04. The number of amides is 1. The average molecular weight is 301 g/mol. The van der Waals surface area contributed by atoms with E-state index in [0.29, 0.717) is 23.1 Å². The largest absolute Gasteiger partial charge is 0.396 e. The van der Waals surface area contributed by atoms with E-state index in [4.69, 9.17) is 5.11 Å². The summed E-state index contributed by atoms with van der Waals surface area (Å²) in [7, 11) is 0. The van der Waals surface area contributed by atoms with Gasteiger partial charge in [-0.15, -0.1) is 0 Å². The van der Waals surface area contributed by atoms with Crippen LogP contribution in [-0.2, 0) is 0 Å². The fourth-order valence-electron chi connectivity index (χ4n) is 1.50. The van der Waals surface area contributed by atoms with Crippen LogP contribution < -0.4 is 0 Å². The molecule has 0 unspecified atom stereocenters. The summed E-state index contributed by atoms with van der Waals surface area (Å²) in [4.78, 5) is 18.0. The third kappa shape index (κ3) is 4.09. The van der Waals surface area contributed by atoms with Crippen LogP contribution in [-0.4, -0.2) is 40.1 Å². The first-order valence-electron chi connectivity index (χ1n) is 5.59. The molecule has 1 heterocycles. The van der Waals surface area contributed by atoms with Crippen LogP contribution in [0.1, 0.15) is 30.6 Å². The van der Waals surface area contributed by atoms with Gasteiger partial charge in [-0.05, 0) is 48.3 Å². The van der Waals surface area contributed by atoms with Crippen molar-refractivity contribution in [1.29, 1.82) is 0 Å². The molecule has 0 aliphatic carbocycles. The Morgan fingerprint density at radius 3 is 2.71 bits per heavy atom. The van der Waals surface area contributed by atoms with E-state index >= 15 is 0 Å². The van der Waals surface area contributed by atoms with E-state index in [-0.39, 0.29) is 18.6 Å². The topological polar surface area (TPSA) is 53.4 Å². The van der Waals surface area contributed by atoms with Crippen LogP contribution >= 0.6 is 15.9 Å². The molecule has 0 spiro atoms. The van der Waals surface area contributed by atoms with Gasteiger partial charge in [0.05, 0.1) is 5.56 Å². The van der Waals surface area contributed by atoms with E-state index in [0.717, 1.165) is 0 Å². The fourth-order valence-corrected chi connectivity index (χ4v) is 1.74. The highest BCUT2D eigenvalue weighted by molar-refractivity contribution is 9.10. The number of aliphatic hydroxyl groups excluding tert-OH is 1. The van der Waals surface area contributed by atoms with Crippen LogP contribution in [0, 0.1) is 0 Å². The molecule has 1 aromatic heterocycles. The Balaban J connectivity index is 2.80. The highest BCUT2D eigenvalue weighted by Crippen LogP contribution is 2.11. The van der Waals surface area contributed by atoms with Gasteiger partial charge in [0.1, 0.15) is 4.60 Å². The number of nitrogens with zero attached hydrogens (tertiary/aromatic N) is 2. The normalized spacial score (nSPS) is 10.6. The minimum atomic E-state index is -0.0477. The lowest BCUT2D eigenvalue weighted by atomic mass is 10.2. The van der Waals surface area contributed by atoms with Gasteiger partial charge in [0.25, 0.3) is 5.91 Å². The molecule has 1 aromatic rings. The molecule has 94 valence electrons. The SMILES string of the molecule is CC(C)N(CCCO)C(=O)c1ccc(Br)nc1. The number of aliphatic hydroxyl groups is 1. The monoisotopic (exact) mass is 300 g/mol. The zero-order valence-electron chi connectivity index (χ0n) is 10.1. The molecule has 0 radical (unpaired) electrons. The maximum absolute atomic E-state index is 12.2. The maximum Gasteiger partial charge on any atom is 0.255 e. The van der Waals surface area contributed by atoms with Gasteiger partial charge in [0, 0.05) is 25.4 Å². The average Bonchev–Trinajstić information content (AvgIpc) is 2.29. The van der Waals surface area contributed by atoms with E-state index in [1.165, 1.54) is 0 Å². The molecule has 0 saturated carbocycles. The molecular weight excluding hydrogens is 284 g/mol. The molecular formula is C12H17BrN2O2. The molecule has 5 heteroatoms. The van der Waals surface area contributed by atoms with E-state index < -0.39 is 0 Å². The zero-order chi connectivity index (χ0) is 12.8. The Labute approximate surface area is 110 Å². The van der Waals surface area contributed by atoms with Gasteiger partial charge in [0.2, 0.25) is 0 Å². The van der Waals surface area contributed by atoms with Crippen LogP contribution in [0.25, 0.3) is 0 Å². The molecule has 17 heavy (non-hydrogen) atoms. The van der Waals surface area contributed by atoms with Crippen molar-refractivity contribution >= 4 is 21.8 Å². The maximum atomic E-state index is 12.2. The van der Waals surface area contributed by atoms with Gasteiger partial charge in [0.15, 0.2) is 0 Å². The van der Waals surface area contributed by atoms with Gasteiger partial charge < -0.3 is 10.0 Å². The van der Waals surface area contributed by atoms with Gasteiger partial charge in [-0.25, -0.2) is 4.98 Å². The molecule has 0 saturated heterocycles. The second-order valence-corrected chi connectivity index (χ2v) is 4.85. The predicted octanol–water partition coefficient (Wildman–Crippen LogP) is 2.08. The first-order chi connectivity index (χ1) is 8.06. The Morgan fingerprint density at radius 2 is 2.24 bits per heavy atom. The smallest absolute Gasteiger partial charge is 0.255 e. The molecule has 1 amide bonds. The van der Waals surface area contributed by atoms with Crippen molar-refractivity contribution in [2.24, 2.45) is 0 Å². The summed E-state index contributed by atoms with van der Waals surface area (Å²) in [6.45, 7) is 4.57. The quantitative estimate of drug-likeness (QED) is 0.847. The minimum absolute atomic E-state index is 0.0477. The molecule has 4 nitrogen and oxygen atoms in total. The Kier molecular flexibility index (Phi) is 5.58. The van der Waals surface area contributed by atoms with E-state index in [9.17, 15) is 4.79 Å². The molecule has 0 aromatic carbocycles. The molecule has 0 aliphatic rings. The molecule has 1 N–H and O–H groups in total. The summed E-state index contributed by atoms with van der Waals surface area (Å²) in [5.41, 5.74) is 0.569. The first kappa shape index (κ1) is 14.1. The fraction of sp³-hybridized carbons (Fsp3) is 0.500. The lowest BCUT2D eigenvalue weighted by Crippen LogP contribution is -2.38. The third-order valence-electron chi connectivity index (χ3n) is 2.42. The number of carbonyl (C=O) groups excluding carboxylic acids is 1. The van der Waals surface area contributed by atoms with Crippen molar-refractivity contribution in [2.45, 2.75) is 26.3 Å². The Bertz CT molecular complexity index is 365. The standard InChI is InChI=1S/C12H17BrN2O2/c1-9(2)15(6-3-7-16)12(17)10-4-5-11(13)14-8-10/h4-5,8-9,16H,3,6-7H2,1-2H3. The molecule has 1 rings (SSSR count). The van der Waals surface area contributed by atoms with Crippen molar-refractivity contribution in [3.05, 3.63) is 28.5 Å². The van der Waals surface area contributed by atoms with Crippen molar-refractivity contribution in [3.8, 4) is 0 Å². The number of rotatable bonds is 5. The van der Waals surface area contributed by atoms with E-state index in [2.05, 4.69) is 20.9 Å². The van der Waals surface area contributed by atoms with Crippen molar-refractivity contribution in [1.82, 2.24) is 9.88 Å². The van der Waals surface area contributed by atoms with Gasteiger partial charge in [-0.1, -0.05) is 0 Å². The highest BCUT2D eigenvalue weighted by atomic mass is 79.9. The zero-order valence-corrected chi connectivity index (χ0v) is 11.6. The number of carbonyl (C=O) groups is 1. The Morgan fingerprint density at radius 1 is 1.53 bits per heavy atom. The van der Waals surface area contributed by atoms with Gasteiger partial charge in [-0.2, -0.15) is 0 Å². The summed E-state index contributed by atoms with van der Waals surface area (Å²) < 4.78 is 0.709. The van der Waals surface area contributed by atoms with Crippen molar-refractivity contribution in [2.75, 3.05) is 13.2 Å². The number of halogens is 1. The number of pyridine rings is 1. The van der Waals surface area contributed by atoms with Crippen LogP contribution in [0.15, 0.2) is 22.9 Å². The lowest BCUT2D eigenvalue weighted by molar-refractivity contribution is 0.0692. The summed E-state index contributed by atoms with van der Waals surface area (Å²) >= 11 is 3.23. The molecule has 0 fully saturated rings. The Hall–Kier alpha value is -0.940. The van der Waals surface area contributed by atoms with Crippen molar-refractivity contribution < 1.29 is 9.90 Å². The second kappa shape index (κ2) is 6.71. The van der Waals surface area contributed by atoms with Crippen LogP contribution in [0.3, 0.4) is 0 Å². The number of aromatic nitrogens is 1. The van der Waals surface area contributed by atoms with Crippen LogP contribution in [0.2, 0.25) is 0 Å². The van der Waals surface area contributed by atoms with Gasteiger partial charge >= 0.3 is 0 Å². The van der Waals surface area contributed by atoms with Gasteiger partial charge in [-0.3, -0.25) is 4.79 Å².